The maximum Gasteiger partial charge on any atom is 0.422 e. The fourth-order valence-corrected chi connectivity index (χ4v) is 3.60. The molecule has 0 spiro atoms. The molecule has 0 aliphatic carbocycles. The Morgan fingerprint density at radius 1 is 1.31 bits per heavy atom. The van der Waals surface area contributed by atoms with Gasteiger partial charge in [0, 0.05) is 24.4 Å². The summed E-state index contributed by atoms with van der Waals surface area (Å²) in [6.45, 7) is 2.23. The van der Waals surface area contributed by atoms with Gasteiger partial charge in [-0.2, -0.15) is 13.2 Å². The van der Waals surface area contributed by atoms with E-state index >= 15 is 0 Å². The smallest absolute Gasteiger partial charge is 0.422 e. The molecule has 3 rings (SSSR count). The molecule has 2 heterocycles. The molecule has 0 saturated heterocycles. The number of nitrogens with zero attached hydrogens (tertiary/aromatic N) is 2. The Hall–Kier alpha value is -2.56. The van der Waals surface area contributed by atoms with Crippen molar-refractivity contribution in [3.8, 4) is 22.8 Å². The first kappa shape index (κ1) is 21.2. The van der Waals surface area contributed by atoms with Crippen LogP contribution in [-0.4, -0.2) is 53.9 Å². The second-order valence-electron chi connectivity index (χ2n) is 6.00. The first-order valence-corrected chi connectivity index (χ1v) is 9.91. The van der Waals surface area contributed by atoms with Crippen LogP contribution in [0.25, 0.3) is 11.3 Å². The third-order valence-electron chi connectivity index (χ3n) is 3.94. The van der Waals surface area contributed by atoms with E-state index in [-0.39, 0.29) is 6.54 Å². The number of alkyl carbamates (subject to hydrolysis) is 1. The minimum Gasteiger partial charge on any atom is -0.486 e. The summed E-state index contributed by atoms with van der Waals surface area (Å²) in [5.41, 5.74) is 1.84. The summed E-state index contributed by atoms with van der Waals surface area (Å²) in [6.07, 6.45) is -3.89. The topological polar surface area (TPSA) is 74.6 Å². The van der Waals surface area contributed by atoms with Gasteiger partial charge in [0.1, 0.15) is 13.2 Å². The molecule has 1 aliphatic heterocycles. The third-order valence-corrected chi connectivity index (χ3v) is 4.93. The Balaban J connectivity index is 1.57. The Bertz CT molecular complexity index is 857. The molecule has 0 atom stereocenters. The number of fused-ring (bicyclic) bond motifs is 1. The van der Waals surface area contributed by atoms with Crippen molar-refractivity contribution < 1.29 is 32.2 Å². The van der Waals surface area contributed by atoms with Gasteiger partial charge in [0.05, 0.1) is 11.9 Å². The highest BCUT2D eigenvalue weighted by atomic mass is 32.2. The Labute approximate surface area is 169 Å². The van der Waals surface area contributed by atoms with Crippen LogP contribution in [-0.2, 0) is 11.3 Å². The van der Waals surface area contributed by atoms with E-state index in [0.29, 0.717) is 37.0 Å². The van der Waals surface area contributed by atoms with Crippen molar-refractivity contribution >= 4 is 17.9 Å². The zero-order valence-corrected chi connectivity index (χ0v) is 16.4. The monoisotopic (exact) mass is 431 g/mol. The lowest BCUT2D eigenvalue weighted by molar-refractivity contribution is -0.160. The zero-order valence-electron chi connectivity index (χ0n) is 15.6. The number of rotatable bonds is 7. The van der Waals surface area contributed by atoms with Crippen LogP contribution in [0.4, 0.5) is 18.0 Å². The predicted octanol–water partition coefficient (Wildman–Crippen LogP) is 3.72. The summed E-state index contributed by atoms with van der Waals surface area (Å²) >= 11 is 1.38. The molecule has 1 amide bonds. The predicted molar refractivity (Wildman–Crippen MR) is 100 cm³/mol. The Kier molecular flexibility index (Phi) is 6.78. The first-order valence-electron chi connectivity index (χ1n) is 8.93. The van der Waals surface area contributed by atoms with E-state index in [0.717, 1.165) is 16.4 Å². The van der Waals surface area contributed by atoms with Crippen LogP contribution in [0.2, 0.25) is 0 Å². The van der Waals surface area contributed by atoms with Gasteiger partial charge in [-0.15, -0.1) is 0 Å². The number of ether oxygens (including phenoxy) is 3. The van der Waals surface area contributed by atoms with Gasteiger partial charge in [0.25, 0.3) is 0 Å². The molecular weight excluding hydrogens is 411 g/mol. The van der Waals surface area contributed by atoms with E-state index in [1.165, 1.54) is 11.8 Å². The molecule has 29 heavy (non-hydrogen) atoms. The summed E-state index contributed by atoms with van der Waals surface area (Å²) in [7, 11) is 0. The molecule has 158 valence electrons. The van der Waals surface area contributed by atoms with Crippen LogP contribution in [0.3, 0.4) is 0 Å². The summed E-state index contributed by atoms with van der Waals surface area (Å²) in [5.74, 6) is 1.83. The highest BCUT2D eigenvalue weighted by Gasteiger charge is 2.29. The fraction of sp³-hybridized carbons (Fsp3) is 0.444. The van der Waals surface area contributed by atoms with Crippen molar-refractivity contribution in [2.45, 2.75) is 24.8 Å². The Morgan fingerprint density at radius 2 is 2.07 bits per heavy atom. The number of aromatic nitrogens is 2. The van der Waals surface area contributed by atoms with Crippen molar-refractivity contribution in [2.24, 2.45) is 0 Å². The number of carbonyl (C=O) groups is 1. The number of hydrogen-bond acceptors (Lipinski definition) is 6. The summed E-state index contributed by atoms with van der Waals surface area (Å²) in [6, 6.07) is 5.70. The molecule has 0 saturated carbocycles. The number of hydrogen-bond donors (Lipinski definition) is 1. The van der Waals surface area contributed by atoms with Crippen molar-refractivity contribution in [3.05, 3.63) is 24.4 Å². The van der Waals surface area contributed by atoms with Crippen LogP contribution < -0.4 is 14.8 Å². The van der Waals surface area contributed by atoms with Gasteiger partial charge >= 0.3 is 12.3 Å². The summed E-state index contributed by atoms with van der Waals surface area (Å²) < 4.78 is 53.3. The second kappa shape index (κ2) is 9.29. The minimum atomic E-state index is -4.54. The average molecular weight is 431 g/mol. The molecule has 1 aromatic carbocycles. The number of benzene rings is 1. The van der Waals surface area contributed by atoms with Gasteiger partial charge in [0.2, 0.25) is 0 Å². The van der Waals surface area contributed by atoms with Crippen molar-refractivity contribution in [3.63, 3.8) is 0 Å². The van der Waals surface area contributed by atoms with Gasteiger partial charge in [-0.05, 0) is 25.1 Å². The maximum absolute atomic E-state index is 12.0. The van der Waals surface area contributed by atoms with Crippen molar-refractivity contribution in [1.29, 1.82) is 0 Å². The van der Waals surface area contributed by atoms with Gasteiger partial charge in [0.15, 0.2) is 23.3 Å². The number of amides is 1. The number of carbonyl (C=O) groups excluding carboxylic acids is 1. The molecule has 1 N–H and O–H groups in total. The molecule has 11 heteroatoms. The van der Waals surface area contributed by atoms with Gasteiger partial charge in [-0.25, -0.2) is 9.78 Å². The SMILES string of the molecule is CCn1c(-c2ccc3c(c2)OCCO3)cnc1SCCNC(=O)OCC(F)(F)F. The molecule has 1 aliphatic rings. The largest absolute Gasteiger partial charge is 0.486 e. The number of imidazole rings is 1. The zero-order chi connectivity index (χ0) is 20.9. The lowest BCUT2D eigenvalue weighted by Gasteiger charge is -2.19. The molecule has 0 radical (unpaired) electrons. The number of halogens is 3. The molecule has 0 bridgehead atoms. The lowest BCUT2D eigenvalue weighted by Crippen LogP contribution is -2.30. The summed E-state index contributed by atoms with van der Waals surface area (Å²) in [5, 5.41) is 3.02. The van der Waals surface area contributed by atoms with Gasteiger partial charge in [-0.1, -0.05) is 11.8 Å². The summed E-state index contributed by atoms with van der Waals surface area (Å²) in [4.78, 5) is 15.7. The van der Waals surface area contributed by atoms with Crippen LogP contribution in [0, 0.1) is 0 Å². The van der Waals surface area contributed by atoms with Crippen LogP contribution in [0.15, 0.2) is 29.6 Å². The van der Waals surface area contributed by atoms with Gasteiger partial charge < -0.3 is 24.1 Å². The molecule has 0 fully saturated rings. The molecular formula is C18H20F3N3O4S. The molecule has 2 aromatic rings. The highest BCUT2D eigenvalue weighted by Crippen LogP contribution is 2.35. The van der Waals surface area contributed by atoms with E-state index in [9.17, 15) is 18.0 Å². The van der Waals surface area contributed by atoms with E-state index in [1.54, 1.807) is 6.20 Å². The average Bonchev–Trinajstić information content (AvgIpc) is 3.11. The number of thioether (sulfide) groups is 1. The van der Waals surface area contributed by atoms with Crippen LogP contribution in [0.5, 0.6) is 11.5 Å². The van der Waals surface area contributed by atoms with Crippen LogP contribution in [0.1, 0.15) is 6.92 Å². The van der Waals surface area contributed by atoms with Gasteiger partial charge in [-0.3, -0.25) is 0 Å². The highest BCUT2D eigenvalue weighted by molar-refractivity contribution is 7.99. The van der Waals surface area contributed by atoms with Crippen molar-refractivity contribution in [1.82, 2.24) is 14.9 Å². The van der Waals surface area contributed by atoms with E-state index in [1.807, 2.05) is 29.7 Å². The van der Waals surface area contributed by atoms with E-state index in [2.05, 4.69) is 15.0 Å². The minimum absolute atomic E-state index is 0.150. The standard InChI is InChI=1S/C18H20F3N3O4S/c1-2-24-13(12-3-4-14-15(9-12)27-7-6-26-14)10-23-16(24)29-8-5-22-17(25)28-11-18(19,20)21/h3-4,9-10H,2,5-8,11H2,1H3,(H,22,25). The normalized spacial score (nSPS) is 13.2. The molecule has 7 nitrogen and oxygen atoms in total. The second-order valence-corrected chi connectivity index (χ2v) is 7.06. The maximum atomic E-state index is 12.0. The Morgan fingerprint density at radius 3 is 2.79 bits per heavy atom. The molecule has 0 unspecified atom stereocenters. The van der Waals surface area contributed by atoms with Crippen LogP contribution >= 0.6 is 11.8 Å². The first-order chi connectivity index (χ1) is 13.9. The van der Waals surface area contributed by atoms with Crippen molar-refractivity contribution in [2.75, 3.05) is 32.1 Å². The third kappa shape index (κ3) is 5.72. The molecule has 1 aromatic heterocycles. The van der Waals surface area contributed by atoms with E-state index in [4.69, 9.17) is 9.47 Å². The number of nitrogens with one attached hydrogen (secondary N) is 1. The number of alkyl halides is 3. The fourth-order valence-electron chi connectivity index (χ4n) is 2.71. The van der Waals surface area contributed by atoms with E-state index < -0.39 is 18.9 Å². The lowest BCUT2D eigenvalue weighted by atomic mass is 10.1. The quantitative estimate of drug-likeness (QED) is 0.532.